The molecule has 66 heavy (non-hydrogen) atoms. The van der Waals surface area contributed by atoms with E-state index in [-0.39, 0.29) is 61.3 Å². The van der Waals surface area contributed by atoms with Crippen molar-refractivity contribution in [3.63, 3.8) is 0 Å². The molecule has 2 saturated heterocycles. The van der Waals surface area contributed by atoms with Crippen LogP contribution in [-0.4, -0.2) is 180 Å². The Hall–Kier alpha value is -5.06. The molecule has 0 radical (unpaired) electrons. The van der Waals surface area contributed by atoms with Gasteiger partial charge in [-0.15, -0.1) is 0 Å². The number of carbonyl (C=O) groups is 2. The third-order valence-electron chi connectivity index (χ3n) is 10.3. The van der Waals surface area contributed by atoms with Crippen LogP contribution in [0.1, 0.15) is 20.7 Å². The van der Waals surface area contributed by atoms with Gasteiger partial charge in [-0.1, -0.05) is 50.1 Å². The summed E-state index contributed by atoms with van der Waals surface area (Å²) >= 11 is 6.62. The molecule has 0 spiro atoms. The van der Waals surface area contributed by atoms with Crippen molar-refractivity contribution in [2.75, 3.05) is 137 Å². The van der Waals surface area contributed by atoms with Gasteiger partial charge in [0.25, 0.3) is 49.1 Å². The van der Waals surface area contributed by atoms with Crippen LogP contribution in [0.5, 0.6) is 0 Å². The summed E-state index contributed by atoms with van der Waals surface area (Å²) in [6.07, 6.45) is 1.84. The van der Waals surface area contributed by atoms with Gasteiger partial charge in [0.05, 0.1) is 63.4 Å². The van der Waals surface area contributed by atoms with Crippen molar-refractivity contribution in [3.05, 3.63) is 102 Å². The van der Waals surface area contributed by atoms with Crippen LogP contribution in [0.15, 0.2) is 60.7 Å². The molecule has 0 unspecified atom stereocenters. The zero-order valence-electron chi connectivity index (χ0n) is 36.4. The Labute approximate surface area is 399 Å². The second-order valence-corrected chi connectivity index (χ2v) is 19.8. The van der Waals surface area contributed by atoms with E-state index in [1.165, 1.54) is 28.0 Å². The topological polar surface area (TPSA) is 270 Å². The molecule has 0 aliphatic carbocycles. The van der Waals surface area contributed by atoms with Gasteiger partial charge in [0, 0.05) is 113 Å². The number of nitro benzene ring substituents is 3. The molecule has 2 heterocycles. The minimum atomic E-state index is -3.77. The Morgan fingerprint density at radius 1 is 0.636 bits per heavy atom. The summed E-state index contributed by atoms with van der Waals surface area (Å²) in [6, 6.07) is 15.6. The molecule has 2 aliphatic rings. The molecule has 3 aromatic rings. The summed E-state index contributed by atoms with van der Waals surface area (Å²) in [7, 11) is -5.39. The summed E-state index contributed by atoms with van der Waals surface area (Å²) < 4.78 is 54.9. The van der Waals surface area contributed by atoms with Gasteiger partial charge in [-0.3, -0.25) is 48.3 Å². The van der Waals surface area contributed by atoms with Crippen LogP contribution in [0.4, 0.5) is 34.1 Å². The van der Waals surface area contributed by atoms with Crippen molar-refractivity contribution in [1.29, 1.82) is 0 Å². The molecule has 3 aromatic carbocycles. The highest BCUT2D eigenvalue weighted by atomic mass is 79.9. The number of hydrogen-bond acceptors (Lipinski definition) is 18. The smallest absolute Gasteiger partial charge is 0.300 e. The monoisotopic (exact) mass is 1090 g/mol. The largest absolute Gasteiger partial charge is 0.368 e. The normalized spacial score (nSPS) is 14.5. The van der Waals surface area contributed by atoms with Gasteiger partial charge in [-0.2, -0.15) is 16.8 Å². The maximum atomic E-state index is 13.7. The summed E-state index contributed by atoms with van der Waals surface area (Å²) in [5.74, 6) is -0.862. The number of alkyl halides is 2. The van der Waals surface area contributed by atoms with Crippen LogP contribution in [0.3, 0.4) is 0 Å². The predicted octanol–water partition coefficient (Wildman–Crippen LogP) is 3.80. The van der Waals surface area contributed by atoms with Crippen molar-refractivity contribution in [2.45, 2.75) is 0 Å². The number of hydrogen-bond donors (Lipinski definition) is 0. The van der Waals surface area contributed by atoms with Crippen LogP contribution in [0.2, 0.25) is 0 Å². The number of anilines is 3. The number of piperazine rings is 2. The van der Waals surface area contributed by atoms with E-state index in [1.807, 2.05) is 37.4 Å². The van der Waals surface area contributed by atoms with Crippen molar-refractivity contribution in [3.8, 4) is 0 Å². The standard InChI is InChI=1S/C22H26BrN5O8S.C17H25BrN4O6S/c1-37(34,35)36-14-13-25(8-7-23)21-19(15-18(27(30)31)16-20(21)28(32)33)22(29)26-11-9-24(10-12-26)17-5-3-2-4-6-17;1-19-7-9-21(10-8-19)17(23)15-13-14(22(24)25)3-4-16(15)20(6-5-18)11-12-28-29(2,26)27/h2-6,15-16H,7-14H2,1H3;3-4,13H,5-12H2,1-2H3. The number of amides is 2. The lowest BCUT2D eigenvalue weighted by atomic mass is 10.1. The first-order valence-corrected chi connectivity index (χ1v) is 26.1. The second kappa shape index (κ2) is 24.6. The third kappa shape index (κ3) is 15.8. The molecule has 0 N–H and O–H groups in total. The molecular weight excluding hydrogens is 1040 g/mol. The minimum absolute atomic E-state index is 0.0923. The lowest BCUT2D eigenvalue weighted by Gasteiger charge is -2.36. The fourth-order valence-electron chi connectivity index (χ4n) is 7.08. The van der Waals surface area contributed by atoms with Crippen LogP contribution < -0.4 is 14.7 Å². The summed E-state index contributed by atoms with van der Waals surface area (Å²) in [6.45, 7) is 4.44. The Kier molecular flexibility index (Phi) is 20.0. The van der Waals surface area contributed by atoms with Gasteiger partial charge in [-0.25, -0.2) is 0 Å². The molecule has 23 nitrogen and oxygen atoms in total. The first-order chi connectivity index (χ1) is 31.1. The number of halogens is 2. The van der Waals surface area contributed by atoms with Gasteiger partial charge >= 0.3 is 0 Å². The Morgan fingerprint density at radius 2 is 1.12 bits per heavy atom. The van der Waals surface area contributed by atoms with E-state index in [0.717, 1.165) is 43.4 Å². The van der Waals surface area contributed by atoms with Crippen LogP contribution >= 0.6 is 31.9 Å². The van der Waals surface area contributed by atoms with Crippen LogP contribution in [-0.2, 0) is 28.6 Å². The molecule has 0 atom stereocenters. The molecule has 2 aliphatic heterocycles. The highest BCUT2D eigenvalue weighted by molar-refractivity contribution is 9.09. The van der Waals surface area contributed by atoms with E-state index >= 15 is 0 Å². The average molecular weight is 1090 g/mol. The average Bonchev–Trinajstić information content (AvgIpc) is 3.27. The first-order valence-electron chi connectivity index (χ1n) is 20.3. The molecule has 2 fully saturated rings. The van der Waals surface area contributed by atoms with E-state index in [9.17, 15) is 56.8 Å². The zero-order valence-corrected chi connectivity index (χ0v) is 41.2. The SMILES string of the molecule is CN1CCN(C(=O)c2cc([N+](=O)[O-])ccc2N(CCBr)CCOS(C)(=O)=O)CC1.CS(=O)(=O)OCCN(CCBr)c1c(C(=O)N2CCN(c3ccccc3)CC2)cc([N+](=O)[O-])cc1[N+](=O)[O-]. The number of rotatable bonds is 20. The van der Waals surface area contributed by atoms with E-state index in [4.69, 9.17) is 8.37 Å². The number of nitro groups is 3. The fourth-order valence-corrected chi connectivity index (χ4v) is 8.69. The summed E-state index contributed by atoms with van der Waals surface area (Å²) in [5.41, 5.74) is 0.0267. The summed E-state index contributed by atoms with van der Waals surface area (Å²) in [4.78, 5) is 70.1. The molecule has 0 aromatic heterocycles. The molecular formula is C39H51Br2N9O14S2. The second-order valence-electron chi connectivity index (χ2n) is 14.9. The Morgan fingerprint density at radius 3 is 1.62 bits per heavy atom. The summed E-state index contributed by atoms with van der Waals surface area (Å²) in [5, 5.41) is 35.7. The Bertz CT molecular complexity index is 2420. The highest BCUT2D eigenvalue weighted by Crippen LogP contribution is 2.37. The zero-order chi connectivity index (χ0) is 48.8. The molecule has 27 heteroatoms. The van der Waals surface area contributed by atoms with Gasteiger partial charge < -0.3 is 29.4 Å². The van der Waals surface area contributed by atoms with Crippen LogP contribution in [0, 0.1) is 30.3 Å². The maximum absolute atomic E-state index is 13.7. The quantitative estimate of drug-likeness (QED) is 0.0674. The third-order valence-corrected chi connectivity index (χ3v) is 12.2. The molecule has 0 bridgehead atoms. The van der Waals surface area contributed by atoms with Gasteiger partial charge in [0.15, 0.2) is 0 Å². The van der Waals surface area contributed by atoms with Gasteiger partial charge in [0.2, 0.25) is 0 Å². The maximum Gasteiger partial charge on any atom is 0.300 e. The first kappa shape index (κ1) is 53.6. The number of benzene rings is 3. The highest BCUT2D eigenvalue weighted by Gasteiger charge is 2.34. The Balaban J connectivity index is 0.000000297. The number of likely N-dealkylation sites (N-methyl/N-ethyl adjacent to an activating group) is 1. The van der Waals surface area contributed by atoms with E-state index in [2.05, 4.69) is 41.7 Å². The van der Waals surface area contributed by atoms with E-state index in [1.54, 1.807) is 9.80 Å². The van der Waals surface area contributed by atoms with Crippen molar-refractivity contribution in [1.82, 2.24) is 14.7 Å². The number of para-hydroxylation sites is 1. The van der Waals surface area contributed by atoms with Gasteiger partial charge in [0.1, 0.15) is 5.69 Å². The van der Waals surface area contributed by atoms with E-state index < -0.39 is 52.3 Å². The molecule has 5 rings (SSSR count). The van der Waals surface area contributed by atoms with Crippen molar-refractivity contribution >= 4 is 98.0 Å². The van der Waals surface area contributed by atoms with E-state index in [0.29, 0.717) is 62.2 Å². The van der Waals surface area contributed by atoms with Gasteiger partial charge in [-0.05, 0) is 25.2 Å². The fraction of sp³-hybridized carbons (Fsp3) is 0.487. The number of carbonyl (C=O) groups excluding carboxylic acids is 2. The number of nitrogens with zero attached hydrogens (tertiary/aromatic N) is 9. The van der Waals surface area contributed by atoms with Crippen molar-refractivity contribution in [2.24, 2.45) is 0 Å². The molecule has 2 amide bonds. The van der Waals surface area contributed by atoms with Crippen LogP contribution in [0.25, 0.3) is 0 Å². The molecule has 0 saturated carbocycles. The van der Waals surface area contributed by atoms with Crippen molar-refractivity contribution < 1.29 is 49.6 Å². The predicted molar refractivity (Wildman–Crippen MR) is 254 cm³/mol. The lowest BCUT2D eigenvalue weighted by Crippen LogP contribution is -2.49. The number of non-ortho nitro benzene ring substituents is 2. The lowest BCUT2D eigenvalue weighted by molar-refractivity contribution is -0.393. The minimum Gasteiger partial charge on any atom is -0.368 e. The molecule has 362 valence electrons.